The summed E-state index contributed by atoms with van der Waals surface area (Å²) < 4.78 is 46.1. The lowest BCUT2D eigenvalue weighted by atomic mass is 10.1. The summed E-state index contributed by atoms with van der Waals surface area (Å²) in [6.45, 7) is 1.32. The molecule has 0 atom stereocenters. The molecule has 3 aromatic rings. The van der Waals surface area contributed by atoms with Crippen LogP contribution in [0.1, 0.15) is 31.2 Å². The zero-order valence-electron chi connectivity index (χ0n) is 14.7. The summed E-state index contributed by atoms with van der Waals surface area (Å²) in [4.78, 5) is 8.36. The molecule has 4 rings (SSSR count). The quantitative estimate of drug-likeness (QED) is 0.625. The first kappa shape index (κ1) is 18.0. The third-order valence-corrected chi connectivity index (χ3v) is 5.00. The summed E-state index contributed by atoms with van der Waals surface area (Å²) in [6, 6.07) is 8.04. The Balaban J connectivity index is 1.52. The van der Waals surface area contributed by atoms with Crippen molar-refractivity contribution in [2.24, 2.45) is 0 Å². The molecule has 1 aliphatic carbocycles. The van der Waals surface area contributed by atoms with Crippen molar-refractivity contribution in [3.63, 3.8) is 0 Å². The first-order valence-electron chi connectivity index (χ1n) is 9.11. The molecule has 1 aliphatic rings. The third kappa shape index (κ3) is 3.98. The van der Waals surface area contributed by atoms with Gasteiger partial charge in [0.15, 0.2) is 0 Å². The molecule has 0 unspecified atom stereocenters. The van der Waals surface area contributed by atoms with Gasteiger partial charge >= 0.3 is 6.18 Å². The van der Waals surface area contributed by atoms with Crippen LogP contribution >= 0.6 is 0 Å². The molecule has 0 spiro atoms. The molecule has 2 aromatic heterocycles. The molecule has 0 N–H and O–H groups in total. The third-order valence-electron chi connectivity index (χ3n) is 5.00. The molecule has 2 heterocycles. The fourth-order valence-corrected chi connectivity index (χ4v) is 3.50. The number of hydrogen-bond donors (Lipinski definition) is 0. The van der Waals surface area contributed by atoms with Crippen molar-refractivity contribution < 1.29 is 17.9 Å². The van der Waals surface area contributed by atoms with Crippen LogP contribution in [-0.4, -0.2) is 27.2 Å². The van der Waals surface area contributed by atoms with Crippen molar-refractivity contribution in [2.45, 2.75) is 44.5 Å². The van der Waals surface area contributed by atoms with E-state index in [-0.39, 0.29) is 0 Å². The van der Waals surface area contributed by atoms with Gasteiger partial charge in [-0.1, -0.05) is 18.9 Å². The molecule has 1 saturated carbocycles. The monoisotopic (exact) mass is 375 g/mol. The lowest BCUT2D eigenvalue weighted by Crippen LogP contribution is -2.12. The second-order valence-corrected chi connectivity index (χ2v) is 6.85. The van der Waals surface area contributed by atoms with E-state index in [0.29, 0.717) is 24.9 Å². The van der Waals surface area contributed by atoms with Crippen LogP contribution in [0.25, 0.3) is 22.3 Å². The molecule has 0 amide bonds. The predicted octanol–water partition coefficient (Wildman–Crippen LogP) is 5.08. The number of halogens is 3. The maximum atomic E-state index is 12.7. The lowest BCUT2D eigenvalue weighted by Gasteiger charge is -2.12. The van der Waals surface area contributed by atoms with E-state index in [1.54, 1.807) is 6.33 Å². The molecule has 0 saturated heterocycles. The van der Waals surface area contributed by atoms with Gasteiger partial charge in [-0.25, -0.2) is 4.98 Å². The fourth-order valence-electron chi connectivity index (χ4n) is 3.50. The number of hydrogen-bond acceptors (Lipinski definition) is 3. The molecule has 142 valence electrons. The van der Waals surface area contributed by atoms with Gasteiger partial charge in [0, 0.05) is 18.3 Å². The van der Waals surface area contributed by atoms with Gasteiger partial charge in [0.1, 0.15) is 0 Å². The van der Waals surface area contributed by atoms with Gasteiger partial charge in [-0.2, -0.15) is 13.2 Å². The summed E-state index contributed by atoms with van der Waals surface area (Å²) >= 11 is 0. The SMILES string of the molecule is FC(F)(F)c1ccc(-c2ccc3ncn(CCOC4CCCC4)c3c2)nc1. The minimum absolute atomic E-state index is 0.367. The molecular formula is C20H20F3N3O. The number of aromatic nitrogens is 3. The zero-order valence-corrected chi connectivity index (χ0v) is 14.7. The van der Waals surface area contributed by atoms with Crippen LogP contribution in [0.15, 0.2) is 42.9 Å². The van der Waals surface area contributed by atoms with Crippen LogP contribution in [0.2, 0.25) is 0 Å². The average Bonchev–Trinajstić information content (AvgIpc) is 3.31. The van der Waals surface area contributed by atoms with E-state index in [0.717, 1.165) is 41.7 Å². The number of alkyl halides is 3. The molecule has 7 heteroatoms. The van der Waals surface area contributed by atoms with Crippen molar-refractivity contribution >= 4 is 11.0 Å². The molecule has 4 nitrogen and oxygen atoms in total. The molecule has 1 fully saturated rings. The number of nitrogens with zero attached hydrogens (tertiary/aromatic N) is 3. The predicted molar refractivity (Wildman–Crippen MR) is 96.2 cm³/mol. The van der Waals surface area contributed by atoms with E-state index in [2.05, 4.69) is 9.97 Å². The van der Waals surface area contributed by atoms with Crippen molar-refractivity contribution in [2.75, 3.05) is 6.61 Å². The second-order valence-electron chi connectivity index (χ2n) is 6.85. The van der Waals surface area contributed by atoms with E-state index in [1.807, 2.05) is 22.8 Å². The highest BCUT2D eigenvalue weighted by molar-refractivity contribution is 5.81. The first-order valence-corrected chi connectivity index (χ1v) is 9.11. The largest absolute Gasteiger partial charge is 0.417 e. The van der Waals surface area contributed by atoms with Gasteiger partial charge in [-0.05, 0) is 37.1 Å². The Bertz CT molecular complexity index is 912. The average molecular weight is 375 g/mol. The van der Waals surface area contributed by atoms with Crippen molar-refractivity contribution in [1.82, 2.24) is 14.5 Å². The van der Waals surface area contributed by atoms with E-state index in [1.165, 1.54) is 18.9 Å². The highest BCUT2D eigenvalue weighted by atomic mass is 19.4. The van der Waals surface area contributed by atoms with Gasteiger partial charge < -0.3 is 9.30 Å². The molecule has 27 heavy (non-hydrogen) atoms. The second kappa shape index (κ2) is 7.31. The summed E-state index contributed by atoms with van der Waals surface area (Å²) in [7, 11) is 0. The Kier molecular flexibility index (Phi) is 4.86. The van der Waals surface area contributed by atoms with Crippen LogP contribution in [0, 0.1) is 0 Å². The van der Waals surface area contributed by atoms with Crippen LogP contribution in [0.5, 0.6) is 0 Å². The number of fused-ring (bicyclic) bond motifs is 1. The highest BCUT2D eigenvalue weighted by Gasteiger charge is 2.30. The minimum atomic E-state index is -4.38. The van der Waals surface area contributed by atoms with Gasteiger partial charge in [-0.15, -0.1) is 0 Å². The smallest absolute Gasteiger partial charge is 0.376 e. The minimum Gasteiger partial charge on any atom is -0.376 e. The van der Waals surface area contributed by atoms with E-state index in [4.69, 9.17) is 4.74 Å². The number of pyridine rings is 1. The Morgan fingerprint density at radius 3 is 2.59 bits per heavy atom. The Morgan fingerprint density at radius 2 is 1.89 bits per heavy atom. The first-order chi connectivity index (χ1) is 13.0. The van der Waals surface area contributed by atoms with Crippen molar-refractivity contribution in [1.29, 1.82) is 0 Å². The zero-order chi connectivity index (χ0) is 18.9. The molecular weight excluding hydrogens is 355 g/mol. The number of imidazole rings is 1. The molecule has 0 aliphatic heterocycles. The van der Waals surface area contributed by atoms with Gasteiger partial charge in [0.2, 0.25) is 0 Å². The Hall–Kier alpha value is -2.41. The van der Waals surface area contributed by atoms with Crippen LogP contribution in [-0.2, 0) is 17.5 Å². The summed E-state index contributed by atoms with van der Waals surface area (Å²) in [5.74, 6) is 0. The summed E-state index contributed by atoms with van der Waals surface area (Å²) in [5, 5.41) is 0. The van der Waals surface area contributed by atoms with Gasteiger partial charge in [-0.3, -0.25) is 4.98 Å². The Morgan fingerprint density at radius 1 is 1.07 bits per heavy atom. The normalized spacial score (nSPS) is 15.7. The lowest BCUT2D eigenvalue weighted by molar-refractivity contribution is -0.137. The van der Waals surface area contributed by atoms with Crippen LogP contribution < -0.4 is 0 Å². The van der Waals surface area contributed by atoms with E-state index >= 15 is 0 Å². The number of ether oxygens (including phenoxy) is 1. The number of rotatable bonds is 5. The Labute approximate surface area is 155 Å². The van der Waals surface area contributed by atoms with E-state index < -0.39 is 11.7 Å². The molecule has 0 bridgehead atoms. The van der Waals surface area contributed by atoms with E-state index in [9.17, 15) is 13.2 Å². The van der Waals surface area contributed by atoms with Crippen LogP contribution in [0.3, 0.4) is 0 Å². The molecule has 1 aromatic carbocycles. The topological polar surface area (TPSA) is 39.9 Å². The van der Waals surface area contributed by atoms with Crippen LogP contribution in [0.4, 0.5) is 13.2 Å². The fraction of sp³-hybridized carbons (Fsp3) is 0.400. The highest BCUT2D eigenvalue weighted by Crippen LogP contribution is 2.30. The maximum Gasteiger partial charge on any atom is 0.417 e. The van der Waals surface area contributed by atoms with Crippen molar-refractivity contribution in [3.05, 3.63) is 48.4 Å². The van der Waals surface area contributed by atoms with Gasteiger partial charge in [0.25, 0.3) is 0 Å². The number of benzene rings is 1. The maximum absolute atomic E-state index is 12.7. The summed E-state index contributed by atoms with van der Waals surface area (Å²) in [5.41, 5.74) is 2.27. The van der Waals surface area contributed by atoms with Gasteiger partial charge in [0.05, 0.1) is 41.3 Å². The van der Waals surface area contributed by atoms with Crippen molar-refractivity contribution in [3.8, 4) is 11.3 Å². The molecule has 0 radical (unpaired) electrons. The summed E-state index contributed by atoms with van der Waals surface area (Å²) in [6.07, 6.45) is 3.37. The standard InChI is InChI=1S/C20H20F3N3O/c21-20(22,23)15-6-8-17(24-12-15)14-5-7-18-19(11-14)26(13-25-18)9-10-27-16-3-1-2-4-16/h5-8,11-13,16H,1-4,9-10H2.